The summed E-state index contributed by atoms with van der Waals surface area (Å²) in [6, 6.07) is 3.97. The molecular weight excluding hydrogens is 262 g/mol. The Morgan fingerprint density at radius 2 is 1.79 bits per heavy atom. The van der Waals surface area contributed by atoms with Crippen LogP contribution in [0.15, 0.2) is 30.6 Å². The largest absolute Gasteiger partial charge is 0.434 e. The zero-order valence-corrected chi connectivity index (χ0v) is 9.58. The monoisotopic (exact) mass is 271 g/mol. The number of hydrogen-bond acceptors (Lipinski definition) is 3. The molecule has 0 unspecified atom stereocenters. The molecule has 0 atom stereocenters. The molecule has 0 saturated carbocycles. The van der Waals surface area contributed by atoms with Crippen LogP contribution >= 0.6 is 0 Å². The van der Waals surface area contributed by atoms with Crippen LogP contribution in [-0.2, 0) is 12.7 Å². The molecule has 7 heteroatoms. The van der Waals surface area contributed by atoms with Gasteiger partial charge in [0.2, 0.25) is 0 Å². The Balaban J connectivity index is 2.40. The lowest BCUT2D eigenvalue weighted by Gasteiger charge is -2.07. The summed E-state index contributed by atoms with van der Waals surface area (Å²) < 4.78 is 50.3. The molecule has 100 valence electrons. The van der Waals surface area contributed by atoms with Crippen LogP contribution in [0.4, 0.5) is 17.6 Å². The Morgan fingerprint density at radius 1 is 1.05 bits per heavy atom. The van der Waals surface area contributed by atoms with Gasteiger partial charge in [-0.25, -0.2) is 9.37 Å². The maximum Gasteiger partial charge on any atom is 0.434 e. The lowest BCUT2D eigenvalue weighted by Crippen LogP contribution is -2.08. The SMILES string of the molecule is NCc1cc(F)cc(-c2cnc(C(F)(F)F)cn2)c1. The van der Waals surface area contributed by atoms with Crippen LogP contribution in [0.3, 0.4) is 0 Å². The van der Waals surface area contributed by atoms with Crippen LogP contribution in [0, 0.1) is 5.82 Å². The summed E-state index contributed by atoms with van der Waals surface area (Å²) in [6.07, 6.45) is -2.98. The van der Waals surface area contributed by atoms with Gasteiger partial charge in [0.1, 0.15) is 5.82 Å². The van der Waals surface area contributed by atoms with E-state index in [0.29, 0.717) is 17.3 Å². The zero-order chi connectivity index (χ0) is 14.0. The minimum absolute atomic E-state index is 0.124. The highest BCUT2D eigenvalue weighted by atomic mass is 19.4. The van der Waals surface area contributed by atoms with Gasteiger partial charge in [-0.2, -0.15) is 13.2 Å². The van der Waals surface area contributed by atoms with E-state index in [4.69, 9.17) is 5.73 Å². The van der Waals surface area contributed by atoms with Crippen molar-refractivity contribution in [1.82, 2.24) is 9.97 Å². The maximum absolute atomic E-state index is 13.3. The number of nitrogens with two attached hydrogens (primary N) is 1. The first kappa shape index (κ1) is 13.4. The van der Waals surface area contributed by atoms with Crippen molar-refractivity contribution in [3.05, 3.63) is 47.7 Å². The molecule has 1 aromatic heterocycles. The van der Waals surface area contributed by atoms with Gasteiger partial charge in [0.25, 0.3) is 0 Å². The van der Waals surface area contributed by atoms with Crippen LogP contribution in [0.5, 0.6) is 0 Å². The minimum atomic E-state index is -4.55. The summed E-state index contributed by atoms with van der Waals surface area (Å²) in [5, 5.41) is 0. The zero-order valence-electron chi connectivity index (χ0n) is 9.58. The highest BCUT2D eigenvalue weighted by Gasteiger charge is 2.32. The second kappa shape index (κ2) is 4.93. The predicted molar refractivity (Wildman–Crippen MR) is 60.3 cm³/mol. The van der Waals surface area contributed by atoms with Crippen molar-refractivity contribution in [1.29, 1.82) is 0 Å². The number of benzene rings is 1. The molecule has 0 fully saturated rings. The van der Waals surface area contributed by atoms with E-state index in [1.54, 1.807) is 6.07 Å². The summed E-state index contributed by atoms with van der Waals surface area (Å²) >= 11 is 0. The maximum atomic E-state index is 13.3. The quantitative estimate of drug-likeness (QED) is 0.854. The molecule has 0 radical (unpaired) electrons. The number of aromatic nitrogens is 2. The molecule has 0 saturated heterocycles. The number of halogens is 4. The van der Waals surface area contributed by atoms with E-state index in [0.717, 1.165) is 12.3 Å². The number of hydrogen-bond donors (Lipinski definition) is 1. The molecule has 0 aliphatic rings. The van der Waals surface area contributed by atoms with Gasteiger partial charge in [-0.3, -0.25) is 4.98 Å². The van der Waals surface area contributed by atoms with Gasteiger partial charge in [-0.15, -0.1) is 0 Å². The Hall–Kier alpha value is -2.02. The molecule has 2 N–H and O–H groups in total. The van der Waals surface area contributed by atoms with E-state index in [-0.39, 0.29) is 12.2 Å². The predicted octanol–water partition coefficient (Wildman–Crippen LogP) is 2.76. The fraction of sp³-hybridized carbons (Fsp3) is 0.167. The van der Waals surface area contributed by atoms with Crippen LogP contribution in [-0.4, -0.2) is 9.97 Å². The van der Waals surface area contributed by atoms with Gasteiger partial charge in [0.05, 0.1) is 18.1 Å². The second-order valence-corrected chi connectivity index (χ2v) is 3.84. The van der Waals surface area contributed by atoms with Crippen molar-refractivity contribution in [2.24, 2.45) is 5.73 Å². The Labute approximate surface area is 106 Å². The first-order valence-electron chi connectivity index (χ1n) is 5.29. The first-order valence-corrected chi connectivity index (χ1v) is 5.29. The van der Waals surface area contributed by atoms with Crippen LogP contribution in [0.1, 0.15) is 11.3 Å². The number of alkyl halides is 3. The van der Waals surface area contributed by atoms with Gasteiger partial charge < -0.3 is 5.73 Å². The summed E-state index contributed by atoms with van der Waals surface area (Å²) in [6.45, 7) is 0.124. The van der Waals surface area contributed by atoms with Crippen molar-refractivity contribution in [3.63, 3.8) is 0 Å². The molecule has 3 nitrogen and oxygen atoms in total. The number of rotatable bonds is 2. The van der Waals surface area contributed by atoms with Crippen molar-refractivity contribution in [3.8, 4) is 11.3 Å². The van der Waals surface area contributed by atoms with E-state index >= 15 is 0 Å². The summed E-state index contributed by atoms with van der Waals surface area (Å²) in [5.74, 6) is -0.528. The Morgan fingerprint density at radius 3 is 2.32 bits per heavy atom. The van der Waals surface area contributed by atoms with Gasteiger partial charge in [-0.1, -0.05) is 0 Å². The smallest absolute Gasteiger partial charge is 0.326 e. The van der Waals surface area contributed by atoms with Crippen molar-refractivity contribution in [2.75, 3.05) is 0 Å². The van der Waals surface area contributed by atoms with Crippen LogP contribution in [0.2, 0.25) is 0 Å². The fourth-order valence-electron chi connectivity index (χ4n) is 1.54. The Bertz CT molecular complexity index is 579. The van der Waals surface area contributed by atoms with Crippen molar-refractivity contribution in [2.45, 2.75) is 12.7 Å². The average Bonchev–Trinajstić information content (AvgIpc) is 2.37. The normalized spacial score (nSPS) is 11.6. The van der Waals surface area contributed by atoms with Gasteiger partial charge >= 0.3 is 6.18 Å². The molecule has 1 heterocycles. The second-order valence-electron chi connectivity index (χ2n) is 3.84. The third-order valence-corrected chi connectivity index (χ3v) is 2.43. The third-order valence-electron chi connectivity index (χ3n) is 2.43. The standard InChI is InChI=1S/C12H9F4N3/c13-9-2-7(4-17)1-8(3-9)10-5-19-11(6-18-10)12(14,15)16/h1-3,5-6H,4,17H2. The Kier molecular flexibility index (Phi) is 3.48. The molecule has 2 rings (SSSR count). The van der Waals surface area contributed by atoms with Crippen molar-refractivity contribution >= 4 is 0 Å². The molecule has 2 aromatic rings. The minimum Gasteiger partial charge on any atom is -0.326 e. The van der Waals surface area contributed by atoms with Crippen LogP contribution in [0.25, 0.3) is 11.3 Å². The molecule has 0 aliphatic heterocycles. The van der Waals surface area contributed by atoms with Gasteiger partial charge in [0, 0.05) is 12.1 Å². The van der Waals surface area contributed by atoms with E-state index in [1.807, 2.05) is 0 Å². The van der Waals surface area contributed by atoms with E-state index in [9.17, 15) is 17.6 Å². The molecule has 1 aromatic carbocycles. The first-order chi connectivity index (χ1) is 8.90. The molecule has 19 heavy (non-hydrogen) atoms. The van der Waals surface area contributed by atoms with E-state index < -0.39 is 17.7 Å². The lowest BCUT2D eigenvalue weighted by atomic mass is 10.1. The average molecular weight is 271 g/mol. The number of nitrogens with zero attached hydrogens (tertiary/aromatic N) is 2. The van der Waals surface area contributed by atoms with Gasteiger partial charge in [-0.05, 0) is 23.8 Å². The molecule has 0 amide bonds. The van der Waals surface area contributed by atoms with E-state index in [1.165, 1.54) is 6.07 Å². The molecule has 0 bridgehead atoms. The third kappa shape index (κ3) is 3.05. The topological polar surface area (TPSA) is 51.8 Å². The van der Waals surface area contributed by atoms with Gasteiger partial charge in [0.15, 0.2) is 5.69 Å². The molecule has 0 aliphatic carbocycles. The van der Waals surface area contributed by atoms with E-state index in [2.05, 4.69) is 9.97 Å². The summed E-state index contributed by atoms with van der Waals surface area (Å²) in [7, 11) is 0. The summed E-state index contributed by atoms with van der Waals surface area (Å²) in [4.78, 5) is 6.91. The molecular formula is C12H9F4N3. The molecule has 0 spiro atoms. The fourth-order valence-corrected chi connectivity index (χ4v) is 1.54. The van der Waals surface area contributed by atoms with Crippen LogP contribution < -0.4 is 5.73 Å². The van der Waals surface area contributed by atoms with Crippen molar-refractivity contribution < 1.29 is 17.6 Å². The highest BCUT2D eigenvalue weighted by Crippen LogP contribution is 2.28. The summed E-state index contributed by atoms with van der Waals surface area (Å²) in [5.41, 5.74) is 5.32. The lowest BCUT2D eigenvalue weighted by molar-refractivity contribution is -0.141. The highest BCUT2D eigenvalue weighted by molar-refractivity contribution is 5.59.